The summed E-state index contributed by atoms with van der Waals surface area (Å²) in [6.07, 6.45) is 2.31. The number of carbonyl (C=O) groups excluding carboxylic acids is 1. The minimum atomic E-state index is -2.89. The van der Waals surface area contributed by atoms with Gasteiger partial charge in [-0.15, -0.1) is 0 Å². The molecule has 0 bridgehead atoms. The number of amides is 1. The second-order valence-electron chi connectivity index (χ2n) is 6.69. The molecule has 3 aromatic rings. The zero-order chi connectivity index (χ0) is 19.8. The molecule has 0 saturated carbocycles. The van der Waals surface area contributed by atoms with Gasteiger partial charge in [0.2, 0.25) is 0 Å². The molecule has 0 N–H and O–H groups in total. The first-order chi connectivity index (χ1) is 13.5. The van der Waals surface area contributed by atoms with E-state index in [0.29, 0.717) is 31.5 Å². The summed E-state index contributed by atoms with van der Waals surface area (Å²) in [7, 11) is 0. The van der Waals surface area contributed by atoms with E-state index in [4.69, 9.17) is 0 Å². The minimum Gasteiger partial charge on any atom is -0.337 e. The van der Waals surface area contributed by atoms with Gasteiger partial charge in [-0.2, -0.15) is 0 Å². The minimum absolute atomic E-state index is 0.0277. The summed E-state index contributed by atoms with van der Waals surface area (Å²) in [6.45, 7) is 0.646. The van der Waals surface area contributed by atoms with Crippen LogP contribution in [0.25, 0.3) is 5.65 Å². The van der Waals surface area contributed by atoms with Gasteiger partial charge in [0.25, 0.3) is 12.3 Å². The summed E-state index contributed by atoms with van der Waals surface area (Å²) >= 11 is 0. The summed E-state index contributed by atoms with van der Waals surface area (Å²) in [4.78, 5) is 22.1. The summed E-state index contributed by atoms with van der Waals surface area (Å²) in [5, 5.41) is 0. The van der Waals surface area contributed by atoms with E-state index in [2.05, 4.69) is 9.97 Å². The van der Waals surface area contributed by atoms with E-state index in [1.54, 1.807) is 0 Å². The molecule has 1 aliphatic heterocycles. The Bertz CT molecular complexity index is 1030. The van der Waals surface area contributed by atoms with Crippen LogP contribution in [0.2, 0.25) is 0 Å². The lowest BCUT2D eigenvalue weighted by Crippen LogP contribution is -2.39. The molecule has 4 rings (SSSR count). The Balaban J connectivity index is 1.55. The maximum Gasteiger partial charge on any atom is 0.282 e. The maximum absolute atomic E-state index is 13.5. The highest BCUT2D eigenvalue weighted by Gasteiger charge is 2.31. The van der Waals surface area contributed by atoms with Crippen LogP contribution in [0.5, 0.6) is 0 Å². The number of piperidine rings is 1. The van der Waals surface area contributed by atoms with E-state index in [9.17, 15) is 22.4 Å². The van der Waals surface area contributed by atoms with Gasteiger partial charge < -0.3 is 4.90 Å². The molecule has 146 valence electrons. The van der Waals surface area contributed by atoms with Crippen LogP contribution < -0.4 is 0 Å². The quantitative estimate of drug-likeness (QED) is 0.634. The van der Waals surface area contributed by atoms with Crippen LogP contribution in [-0.4, -0.2) is 38.3 Å². The van der Waals surface area contributed by atoms with Gasteiger partial charge in [0, 0.05) is 25.5 Å². The van der Waals surface area contributed by atoms with E-state index < -0.39 is 29.7 Å². The van der Waals surface area contributed by atoms with Crippen molar-refractivity contribution < 1.29 is 22.4 Å². The average molecular weight is 392 g/mol. The van der Waals surface area contributed by atoms with Gasteiger partial charge in [-0.1, -0.05) is 6.07 Å². The number of hydrogen-bond acceptors (Lipinski definition) is 3. The normalized spacial score (nSPS) is 15.5. The number of carbonyl (C=O) groups is 1. The first kappa shape index (κ1) is 18.4. The molecular weight excluding hydrogens is 376 g/mol. The number of nitrogens with zero attached hydrogens (tertiary/aromatic N) is 4. The number of aromatic nitrogens is 3. The third-order valence-corrected chi connectivity index (χ3v) is 5.06. The molecule has 0 unspecified atom stereocenters. The predicted molar refractivity (Wildman–Crippen MR) is 92.2 cm³/mol. The van der Waals surface area contributed by atoms with Crippen LogP contribution in [0.4, 0.5) is 17.6 Å². The molecule has 1 aliphatic rings. The third-order valence-electron chi connectivity index (χ3n) is 5.06. The summed E-state index contributed by atoms with van der Waals surface area (Å²) in [5.74, 6) is -2.37. The van der Waals surface area contributed by atoms with Gasteiger partial charge in [-0.3, -0.25) is 14.2 Å². The second-order valence-corrected chi connectivity index (χ2v) is 6.69. The molecule has 9 heteroatoms. The fourth-order valence-corrected chi connectivity index (χ4v) is 3.62. The lowest BCUT2D eigenvalue weighted by atomic mass is 9.89. The number of likely N-dealkylation sites (tertiary alicyclic amines) is 1. The van der Waals surface area contributed by atoms with Crippen molar-refractivity contribution in [3.63, 3.8) is 0 Å². The largest absolute Gasteiger partial charge is 0.337 e. The van der Waals surface area contributed by atoms with E-state index in [0.717, 1.165) is 6.07 Å². The fraction of sp³-hybridized carbons (Fsp3) is 0.316. The Hall–Kier alpha value is -2.97. The Kier molecular flexibility index (Phi) is 4.74. The summed E-state index contributed by atoms with van der Waals surface area (Å²) < 4.78 is 54.7. The number of alkyl halides is 2. The number of benzene rings is 1. The van der Waals surface area contributed by atoms with E-state index in [-0.39, 0.29) is 17.3 Å². The topological polar surface area (TPSA) is 50.5 Å². The number of imidazole rings is 1. The molecule has 1 aromatic carbocycles. The zero-order valence-corrected chi connectivity index (χ0v) is 14.7. The Labute approximate surface area is 157 Å². The Morgan fingerprint density at radius 1 is 1.14 bits per heavy atom. The SMILES string of the molecule is O=C(c1c(C(F)F)nc2cnccn12)N1CCC(c2ccc(F)c(F)c2)CC1. The first-order valence-electron chi connectivity index (χ1n) is 8.80. The molecule has 1 fully saturated rings. The maximum atomic E-state index is 13.5. The standard InChI is InChI=1S/C19H16F4N4O/c20-13-2-1-12(9-14(13)21)11-3-6-26(7-4-11)19(28)17-16(18(22)23)25-15-10-24-5-8-27(15)17/h1-2,5,8-11,18H,3-4,6-7H2. The number of hydrogen-bond donors (Lipinski definition) is 0. The Morgan fingerprint density at radius 3 is 2.57 bits per heavy atom. The van der Waals surface area contributed by atoms with Gasteiger partial charge in [-0.05, 0) is 36.5 Å². The zero-order valence-electron chi connectivity index (χ0n) is 14.7. The molecule has 28 heavy (non-hydrogen) atoms. The number of fused-ring (bicyclic) bond motifs is 1. The highest BCUT2D eigenvalue weighted by molar-refractivity contribution is 5.95. The van der Waals surface area contributed by atoms with Crippen molar-refractivity contribution >= 4 is 11.6 Å². The fourth-order valence-electron chi connectivity index (χ4n) is 3.62. The van der Waals surface area contributed by atoms with Gasteiger partial charge in [0.05, 0.1) is 6.20 Å². The van der Waals surface area contributed by atoms with Gasteiger partial charge in [0.15, 0.2) is 17.3 Å². The van der Waals surface area contributed by atoms with Crippen molar-refractivity contribution in [1.82, 2.24) is 19.3 Å². The molecule has 0 radical (unpaired) electrons. The van der Waals surface area contributed by atoms with Crippen molar-refractivity contribution in [2.45, 2.75) is 25.2 Å². The average Bonchev–Trinajstić information content (AvgIpc) is 3.09. The van der Waals surface area contributed by atoms with Crippen LogP contribution in [0.3, 0.4) is 0 Å². The van der Waals surface area contributed by atoms with Gasteiger partial charge in [0.1, 0.15) is 11.4 Å². The molecule has 2 aromatic heterocycles. The monoisotopic (exact) mass is 392 g/mol. The number of halogens is 4. The van der Waals surface area contributed by atoms with Crippen LogP contribution in [0.1, 0.15) is 46.9 Å². The van der Waals surface area contributed by atoms with Crippen LogP contribution in [0, 0.1) is 11.6 Å². The molecule has 5 nitrogen and oxygen atoms in total. The second kappa shape index (κ2) is 7.21. The van der Waals surface area contributed by atoms with Crippen molar-refractivity contribution in [1.29, 1.82) is 0 Å². The van der Waals surface area contributed by atoms with E-state index in [1.165, 1.54) is 40.0 Å². The van der Waals surface area contributed by atoms with Crippen LogP contribution >= 0.6 is 0 Å². The molecule has 0 spiro atoms. The van der Waals surface area contributed by atoms with E-state index >= 15 is 0 Å². The molecule has 1 saturated heterocycles. The predicted octanol–water partition coefficient (Wildman–Crippen LogP) is 3.96. The lowest BCUT2D eigenvalue weighted by molar-refractivity contribution is 0.0692. The third kappa shape index (κ3) is 3.21. The molecule has 0 atom stereocenters. The van der Waals surface area contributed by atoms with Crippen molar-refractivity contribution in [3.8, 4) is 0 Å². The molecular formula is C19H16F4N4O. The Morgan fingerprint density at radius 2 is 1.89 bits per heavy atom. The smallest absolute Gasteiger partial charge is 0.282 e. The molecule has 3 heterocycles. The van der Waals surface area contributed by atoms with Crippen LogP contribution in [0.15, 0.2) is 36.8 Å². The molecule has 0 aliphatic carbocycles. The highest BCUT2D eigenvalue weighted by Crippen LogP contribution is 2.31. The van der Waals surface area contributed by atoms with Gasteiger partial charge >= 0.3 is 0 Å². The van der Waals surface area contributed by atoms with Crippen molar-refractivity contribution in [2.75, 3.05) is 13.1 Å². The summed E-state index contributed by atoms with van der Waals surface area (Å²) in [6, 6.07) is 3.79. The van der Waals surface area contributed by atoms with Crippen molar-refractivity contribution in [2.24, 2.45) is 0 Å². The lowest BCUT2D eigenvalue weighted by Gasteiger charge is -2.32. The van der Waals surface area contributed by atoms with E-state index in [1.807, 2.05) is 0 Å². The van der Waals surface area contributed by atoms with Gasteiger partial charge in [-0.25, -0.2) is 22.5 Å². The number of rotatable bonds is 3. The highest BCUT2D eigenvalue weighted by atomic mass is 19.3. The molecule has 1 amide bonds. The summed E-state index contributed by atoms with van der Waals surface area (Å²) in [5.41, 5.74) is 0.109. The van der Waals surface area contributed by atoms with Crippen molar-refractivity contribution in [3.05, 3.63) is 65.4 Å². The first-order valence-corrected chi connectivity index (χ1v) is 8.80. The van der Waals surface area contributed by atoms with Crippen LogP contribution in [-0.2, 0) is 0 Å².